The van der Waals surface area contributed by atoms with Gasteiger partial charge >= 0.3 is 0 Å². The number of aromatic nitrogens is 3. The average molecular weight is 339 g/mol. The van der Waals surface area contributed by atoms with Gasteiger partial charge in [-0.15, -0.1) is 0 Å². The van der Waals surface area contributed by atoms with Gasteiger partial charge < -0.3 is 9.84 Å². The van der Waals surface area contributed by atoms with Crippen LogP contribution in [0.2, 0.25) is 0 Å². The summed E-state index contributed by atoms with van der Waals surface area (Å²) in [5.74, 6) is -1.35. The van der Waals surface area contributed by atoms with E-state index in [0.717, 1.165) is 12.1 Å². The lowest BCUT2D eigenvalue weighted by molar-refractivity contribution is 0.00755. The molecule has 2 atom stereocenters. The van der Waals surface area contributed by atoms with Gasteiger partial charge in [0.25, 0.3) is 0 Å². The first kappa shape index (κ1) is 18.3. The normalized spacial score (nSPS) is 14.4. The molecule has 0 aliphatic heterocycles. The van der Waals surface area contributed by atoms with E-state index in [2.05, 4.69) is 10.1 Å². The van der Waals surface area contributed by atoms with Crippen molar-refractivity contribution in [2.75, 3.05) is 6.61 Å². The first-order chi connectivity index (χ1) is 11.3. The molecule has 0 saturated heterocycles. The number of aliphatic hydroxyl groups excluding tert-OH is 1. The standard InChI is InChI=1S/C17H23F2N3O2/c1-17(2,3)16(23)14(22-11-20-10-21-22)5-4-8-24-15-7-6-12(18)9-13(15)19/h6-7,9-11,14,16,23H,4-5,8H2,1-3H3. The van der Waals surface area contributed by atoms with Crippen molar-refractivity contribution in [1.29, 1.82) is 0 Å². The van der Waals surface area contributed by atoms with Crippen LogP contribution in [-0.2, 0) is 0 Å². The molecule has 0 aliphatic carbocycles. The van der Waals surface area contributed by atoms with Gasteiger partial charge in [-0.05, 0) is 30.4 Å². The van der Waals surface area contributed by atoms with Gasteiger partial charge in [-0.1, -0.05) is 20.8 Å². The zero-order valence-corrected chi connectivity index (χ0v) is 14.1. The number of hydrogen-bond acceptors (Lipinski definition) is 4. The van der Waals surface area contributed by atoms with Crippen LogP contribution in [0.25, 0.3) is 0 Å². The van der Waals surface area contributed by atoms with Crippen molar-refractivity contribution in [3.63, 3.8) is 0 Å². The molecule has 0 bridgehead atoms. The van der Waals surface area contributed by atoms with Gasteiger partial charge in [0, 0.05) is 6.07 Å². The fourth-order valence-electron chi connectivity index (χ4n) is 2.47. The van der Waals surface area contributed by atoms with Crippen molar-refractivity contribution in [2.45, 2.75) is 45.8 Å². The lowest BCUT2D eigenvalue weighted by atomic mass is 9.83. The van der Waals surface area contributed by atoms with Crippen molar-refractivity contribution in [1.82, 2.24) is 14.8 Å². The highest BCUT2D eigenvalue weighted by Crippen LogP contribution is 2.30. The first-order valence-corrected chi connectivity index (χ1v) is 7.89. The third-order valence-corrected chi connectivity index (χ3v) is 3.82. The Balaban J connectivity index is 1.93. The van der Waals surface area contributed by atoms with Gasteiger partial charge in [0.15, 0.2) is 11.6 Å². The van der Waals surface area contributed by atoms with Gasteiger partial charge in [-0.2, -0.15) is 5.10 Å². The molecule has 0 aliphatic rings. The fraction of sp³-hybridized carbons (Fsp3) is 0.529. The van der Waals surface area contributed by atoms with Crippen LogP contribution in [0.4, 0.5) is 8.78 Å². The summed E-state index contributed by atoms with van der Waals surface area (Å²) < 4.78 is 33.4. The van der Waals surface area contributed by atoms with E-state index in [0.29, 0.717) is 12.8 Å². The van der Waals surface area contributed by atoms with Crippen LogP contribution in [0, 0.1) is 17.0 Å². The van der Waals surface area contributed by atoms with Crippen LogP contribution in [0.5, 0.6) is 5.75 Å². The van der Waals surface area contributed by atoms with Crippen molar-refractivity contribution >= 4 is 0 Å². The Hall–Kier alpha value is -2.02. The number of halogens is 2. The van der Waals surface area contributed by atoms with E-state index in [-0.39, 0.29) is 23.8 Å². The zero-order chi connectivity index (χ0) is 17.7. The second kappa shape index (κ2) is 7.70. The van der Waals surface area contributed by atoms with Crippen LogP contribution in [0.3, 0.4) is 0 Å². The predicted octanol–water partition coefficient (Wildman–Crippen LogP) is 3.36. The maximum Gasteiger partial charge on any atom is 0.167 e. The molecule has 0 fully saturated rings. The molecular weight excluding hydrogens is 316 g/mol. The van der Waals surface area contributed by atoms with E-state index < -0.39 is 17.7 Å². The lowest BCUT2D eigenvalue weighted by Gasteiger charge is -2.33. The number of hydrogen-bond donors (Lipinski definition) is 1. The minimum absolute atomic E-state index is 0.0186. The maximum atomic E-state index is 13.5. The maximum absolute atomic E-state index is 13.5. The summed E-state index contributed by atoms with van der Waals surface area (Å²) in [7, 11) is 0. The Bertz CT molecular complexity index is 642. The number of rotatable bonds is 7. The van der Waals surface area contributed by atoms with E-state index in [1.165, 1.54) is 12.4 Å². The SMILES string of the molecule is CC(C)(C)C(O)C(CCCOc1ccc(F)cc1F)n1cncn1. The Kier molecular flexibility index (Phi) is 5.88. The molecule has 1 heterocycles. The minimum atomic E-state index is -0.724. The average Bonchev–Trinajstić information content (AvgIpc) is 3.01. The molecule has 0 saturated carbocycles. The monoisotopic (exact) mass is 339 g/mol. The quantitative estimate of drug-likeness (QED) is 0.786. The van der Waals surface area contributed by atoms with Crippen molar-refractivity contribution in [3.8, 4) is 5.75 Å². The first-order valence-electron chi connectivity index (χ1n) is 7.89. The van der Waals surface area contributed by atoms with Gasteiger partial charge in [0.05, 0.1) is 18.8 Å². The summed E-state index contributed by atoms with van der Waals surface area (Å²) in [6, 6.07) is 2.95. The highest BCUT2D eigenvalue weighted by Gasteiger charge is 2.31. The highest BCUT2D eigenvalue weighted by atomic mass is 19.1. The van der Waals surface area contributed by atoms with Crippen LogP contribution >= 0.6 is 0 Å². The smallest absolute Gasteiger partial charge is 0.167 e. The summed E-state index contributed by atoms with van der Waals surface area (Å²) in [6.45, 7) is 6.11. The minimum Gasteiger partial charge on any atom is -0.491 e. The van der Waals surface area contributed by atoms with E-state index in [9.17, 15) is 13.9 Å². The van der Waals surface area contributed by atoms with Crippen molar-refractivity contribution < 1.29 is 18.6 Å². The van der Waals surface area contributed by atoms with Crippen LogP contribution in [0.1, 0.15) is 39.7 Å². The molecule has 1 N–H and O–H groups in total. The molecular formula is C17H23F2N3O2. The van der Waals surface area contributed by atoms with Crippen molar-refractivity contribution in [3.05, 3.63) is 42.5 Å². The molecule has 5 nitrogen and oxygen atoms in total. The zero-order valence-electron chi connectivity index (χ0n) is 14.1. The molecule has 132 valence electrons. The number of benzene rings is 1. The van der Waals surface area contributed by atoms with Crippen molar-refractivity contribution in [2.24, 2.45) is 5.41 Å². The van der Waals surface area contributed by atoms with Gasteiger partial charge in [0.2, 0.25) is 0 Å². The van der Waals surface area contributed by atoms with Crippen LogP contribution < -0.4 is 4.74 Å². The molecule has 1 aromatic carbocycles. The fourth-order valence-corrected chi connectivity index (χ4v) is 2.47. The molecule has 2 rings (SSSR count). The summed E-state index contributed by atoms with van der Waals surface area (Å²) in [4.78, 5) is 3.93. The Morgan fingerprint density at radius 1 is 1.29 bits per heavy atom. The summed E-state index contributed by atoms with van der Waals surface area (Å²) in [6.07, 6.45) is 3.54. The molecule has 24 heavy (non-hydrogen) atoms. The number of aliphatic hydroxyl groups is 1. The predicted molar refractivity (Wildman–Crippen MR) is 85.6 cm³/mol. The lowest BCUT2D eigenvalue weighted by Crippen LogP contribution is -2.36. The van der Waals surface area contributed by atoms with Crippen LogP contribution in [0.15, 0.2) is 30.9 Å². The Labute approximate surface area is 140 Å². The summed E-state index contributed by atoms with van der Waals surface area (Å²) in [5, 5.41) is 14.7. The van der Waals surface area contributed by atoms with Gasteiger partial charge in [-0.3, -0.25) is 0 Å². The van der Waals surface area contributed by atoms with Gasteiger partial charge in [-0.25, -0.2) is 18.4 Å². The summed E-state index contributed by atoms with van der Waals surface area (Å²) >= 11 is 0. The molecule has 7 heteroatoms. The van der Waals surface area contributed by atoms with Gasteiger partial charge in [0.1, 0.15) is 18.5 Å². The molecule has 0 spiro atoms. The third-order valence-electron chi connectivity index (χ3n) is 3.82. The topological polar surface area (TPSA) is 60.2 Å². The van der Waals surface area contributed by atoms with E-state index in [1.54, 1.807) is 11.0 Å². The molecule has 1 aromatic heterocycles. The Morgan fingerprint density at radius 3 is 2.62 bits per heavy atom. The second-order valence-corrected chi connectivity index (χ2v) is 6.82. The highest BCUT2D eigenvalue weighted by molar-refractivity contribution is 5.24. The van der Waals surface area contributed by atoms with Crippen LogP contribution in [-0.4, -0.2) is 32.6 Å². The number of nitrogens with zero attached hydrogens (tertiary/aromatic N) is 3. The largest absolute Gasteiger partial charge is 0.491 e. The molecule has 2 unspecified atom stereocenters. The summed E-state index contributed by atoms with van der Waals surface area (Å²) in [5.41, 5.74) is -0.319. The second-order valence-electron chi connectivity index (χ2n) is 6.82. The molecule has 0 amide bonds. The third kappa shape index (κ3) is 4.74. The van der Waals surface area contributed by atoms with E-state index in [4.69, 9.17) is 4.74 Å². The Morgan fingerprint density at radius 2 is 2.04 bits per heavy atom. The van der Waals surface area contributed by atoms with E-state index >= 15 is 0 Å². The molecule has 2 aromatic rings. The van der Waals surface area contributed by atoms with E-state index in [1.807, 2.05) is 20.8 Å². The molecule has 0 radical (unpaired) electrons. The number of ether oxygens (including phenoxy) is 1.